The van der Waals surface area contributed by atoms with Crippen LogP contribution in [-0.4, -0.2) is 67.6 Å². The Morgan fingerprint density at radius 2 is 1.89 bits per heavy atom. The van der Waals surface area contributed by atoms with Gasteiger partial charge in [-0.15, -0.1) is 0 Å². The SMILES string of the molecule is CO[C@H]1CN(C)C(=O)c2cc(NC(=O)C3CC3)ccc2OC[C@H](C)N(Cc2cc(F)ccc2F)C[C@H]1C. The molecule has 0 aromatic heterocycles. The summed E-state index contributed by atoms with van der Waals surface area (Å²) in [5.74, 6) is -0.830. The maximum atomic E-state index is 14.5. The third kappa shape index (κ3) is 6.64. The normalized spacial score (nSPS) is 23.5. The molecule has 0 spiro atoms. The quantitative estimate of drug-likeness (QED) is 0.642. The van der Waals surface area contributed by atoms with Crippen LogP contribution in [0.5, 0.6) is 5.75 Å². The number of halogens is 2. The Balaban J connectivity index is 1.63. The van der Waals surface area contributed by atoms with Crippen LogP contribution in [0.1, 0.15) is 42.6 Å². The van der Waals surface area contributed by atoms with Gasteiger partial charge in [0.15, 0.2) is 0 Å². The number of methoxy groups -OCH3 is 1. The smallest absolute Gasteiger partial charge is 0.257 e. The van der Waals surface area contributed by atoms with Gasteiger partial charge in [0.05, 0.1) is 11.7 Å². The predicted molar refractivity (Wildman–Crippen MR) is 136 cm³/mol. The number of fused-ring (bicyclic) bond motifs is 1. The number of ether oxygens (including phenoxy) is 2. The molecule has 0 radical (unpaired) electrons. The molecule has 9 heteroatoms. The van der Waals surface area contributed by atoms with Gasteiger partial charge in [0.1, 0.15) is 24.0 Å². The number of anilines is 1. The third-order valence-corrected chi connectivity index (χ3v) is 7.17. The number of carbonyl (C=O) groups is 2. The minimum atomic E-state index is -0.490. The summed E-state index contributed by atoms with van der Waals surface area (Å²) in [6, 6.07) is 8.35. The van der Waals surface area contributed by atoms with E-state index in [0.717, 1.165) is 25.0 Å². The van der Waals surface area contributed by atoms with Crippen molar-refractivity contribution in [1.29, 1.82) is 0 Å². The zero-order valence-corrected chi connectivity index (χ0v) is 21.8. The van der Waals surface area contributed by atoms with Crippen LogP contribution >= 0.6 is 0 Å². The molecule has 2 aliphatic rings. The van der Waals surface area contributed by atoms with Crippen molar-refractivity contribution in [1.82, 2.24) is 9.80 Å². The number of carbonyl (C=O) groups excluding carboxylic acids is 2. The average Bonchev–Trinajstić information content (AvgIpc) is 3.72. The van der Waals surface area contributed by atoms with Crippen LogP contribution in [0.25, 0.3) is 0 Å². The lowest BCUT2D eigenvalue weighted by atomic mass is 10.0. The van der Waals surface area contributed by atoms with Gasteiger partial charge in [-0.3, -0.25) is 14.5 Å². The monoisotopic (exact) mass is 515 g/mol. The second-order valence-corrected chi connectivity index (χ2v) is 10.2. The number of rotatable bonds is 5. The molecule has 1 aliphatic carbocycles. The third-order valence-electron chi connectivity index (χ3n) is 7.17. The molecule has 3 atom stereocenters. The zero-order valence-electron chi connectivity index (χ0n) is 21.8. The van der Waals surface area contributed by atoms with Crippen molar-refractivity contribution in [3.8, 4) is 5.75 Å². The lowest BCUT2D eigenvalue weighted by Gasteiger charge is -2.36. The summed E-state index contributed by atoms with van der Waals surface area (Å²) in [6.45, 7) is 5.24. The molecule has 2 amide bonds. The Hall–Kier alpha value is -3.04. The van der Waals surface area contributed by atoms with Gasteiger partial charge in [0.25, 0.3) is 5.91 Å². The van der Waals surface area contributed by atoms with Gasteiger partial charge in [0.2, 0.25) is 5.91 Å². The summed E-state index contributed by atoms with van der Waals surface area (Å²) in [5.41, 5.74) is 1.15. The first-order chi connectivity index (χ1) is 17.7. The van der Waals surface area contributed by atoms with Crippen molar-refractivity contribution in [2.24, 2.45) is 11.8 Å². The van der Waals surface area contributed by atoms with Gasteiger partial charge >= 0.3 is 0 Å². The van der Waals surface area contributed by atoms with Gasteiger partial charge < -0.3 is 19.7 Å². The molecule has 0 bridgehead atoms. The Bertz CT molecular complexity index is 1140. The van der Waals surface area contributed by atoms with Crippen molar-refractivity contribution in [3.63, 3.8) is 0 Å². The van der Waals surface area contributed by atoms with E-state index in [-0.39, 0.29) is 54.5 Å². The Labute approximate surface area is 216 Å². The number of amides is 2. The molecular formula is C28H35F2N3O4. The van der Waals surface area contributed by atoms with Gasteiger partial charge in [-0.05, 0) is 62.1 Å². The number of hydrogen-bond acceptors (Lipinski definition) is 5. The topological polar surface area (TPSA) is 71.1 Å². The van der Waals surface area contributed by atoms with E-state index in [2.05, 4.69) is 5.32 Å². The Morgan fingerprint density at radius 1 is 1.14 bits per heavy atom. The van der Waals surface area contributed by atoms with E-state index in [1.807, 2.05) is 18.7 Å². The molecule has 2 aromatic rings. The Kier molecular flexibility index (Phi) is 8.44. The highest BCUT2D eigenvalue weighted by Crippen LogP contribution is 2.32. The maximum Gasteiger partial charge on any atom is 0.257 e. The van der Waals surface area contributed by atoms with Crippen LogP contribution in [-0.2, 0) is 16.1 Å². The summed E-state index contributed by atoms with van der Waals surface area (Å²) >= 11 is 0. The van der Waals surface area contributed by atoms with Crippen LogP contribution in [0.4, 0.5) is 14.5 Å². The van der Waals surface area contributed by atoms with Crippen molar-refractivity contribution in [2.45, 2.75) is 45.4 Å². The highest BCUT2D eigenvalue weighted by Gasteiger charge is 2.31. The lowest BCUT2D eigenvalue weighted by molar-refractivity contribution is -0.117. The molecule has 1 saturated carbocycles. The van der Waals surface area contributed by atoms with Crippen LogP contribution in [0.2, 0.25) is 0 Å². The van der Waals surface area contributed by atoms with E-state index < -0.39 is 11.6 Å². The molecule has 2 aromatic carbocycles. The van der Waals surface area contributed by atoms with Crippen LogP contribution < -0.4 is 10.1 Å². The van der Waals surface area contributed by atoms with E-state index in [4.69, 9.17) is 9.47 Å². The highest BCUT2D eigenvalue weighted by molar-refractivity contribution is 6.00. The largest absolute Gasteiger partial charge is 0.491 e. The molecule has 4 rings (SSSR count). The van der Waals surface area contributed by atoms with Crippen molar-refractivity contribution in [3.05, 3.63) is 59.2 Å². The highest BCUT2D eigenvalue weighted by atomic mass is 19.1. The second-order valence-electron chi connectivity index (χ2n) is 10.2. The van der Waals surface area contributed by atoms with Gasteiger partial charge in [-0.2, -0.15) is 0 Å². The molecule has 200 valence electrons. The first-order valence-corrected chi connectivity index (χ1v) is 12.7. The molecule has 37 heavy (non-hydrogen) atoms. The first kappa shape index (κ1) is 27.0. The molecule has 1 N–H and O–H groups in total. The molecular weight excluding hydrogens is 480 g/mol. The summed E-state index contributed by atoms with van der Waals surface area (Å²) < 4.78 is 40.2. The van der Waals surface area contributed by atoms with Gasteiger partial charge in [-0.1, -0.05) is 6.92 Å². The second kappa shape index (κ2) is 11.6. The van der Waals surface area contributed by atoms with E-state index >= 15 is 0 Å². The molecule has 1 fully saturated rings. The van der Waals surface area contributed by atoms with Gasteiger partial charge in [0, 0.05) is 57.0 Å². The lowest BCUT2D eigenvalue weighted by Crippen LogP contribution is -2.46. The zero-order chi connectivity index (χ0) is 26.7. The molecule has 1 aliphatic heterocycles. The molecule has 7 nitrogen and oxygen atoms in total. The fourth-order valence-electron chi connectivity index (χ4n) is 4.62. The van der Waals surface area contributed by atoms with Crippen molar-refractivity contribution in [2.75, 3.05) is 39.2 Å². The average molecular weight is 516 g/mol. The van der Waals surface area contributed by atoms with E-state index in [0.29, 0.717) is 30.1 Å². The fourth-order valence-corrected chi connectivity index (χ4v) is 4.62. The number of nitrogens with one attached hydrogen (secondary N) is 1. The minimum absolute atomic E-state index is 0.0256. The van der Waals surface area contributed by atoms with Crippen LogP contribution in [0, 0.1) is 23.5 Å². The number of benzene rings is 2. The molecule has 0 unspecified atom stereocenters. The molecule has 1 heterocycles. The number of likely N-dealkylation sites (N-methyl/N-ethyl adjacent to an activating group) is 1. The standard InChI is InChI=1S/C28H35F2N3O4/c1-17-13-33(14-20-11-21(29)7-9-24(20)30)18(2)16-37-25-10-8-22(31-27(34)19-5-6-19)12-23(25)28(35)32(3)15-26(17)36-4/h7-12,17-19,26H,5-6,13-16H2,1-4H3,(H,31,34)/t17-,18+,26+/m1/s1. The first-order valence-electron chi connectivity index (χ1n) is 12.7. The summed E-state index contributed by atoms with van der Waals surface area (Å²) in [4.78, 5) is 29.4. The number of hydrogen-bond donors (Lipinski definition) is 1. The van der Waals surface area contributed by atoms with E-state index in [1.54, 1.807) is 37.3 Å². The van der Waals surface area contributed by atoms with Crippen LogP contribution in [0.15, 0.2) is 36.4 Å². The van der Waals surface area contributed by atoms with Crippen LogP contribution in [0.3, 0.4) is 0 Å². The summed E-state index contributed by atoms with van der Waals surface area (Å²) in [7, 11) is 3.31. The summed E-state index contributed by atoms with van der Waals surface area (Å²) in [6.07, 6.45) is 1.47. The minimum Gasteiger partial charge on any atom is -0.491 e. The molecule has 0 saturated heterocycles. The van der Waals surface area contributed by atoms with Gasteiger partial charge in [-0.25, -0.2) is 8.78 Å². The predicted octanol–water partition coefficient (Wildman–Crippen LogP) is 4.32. The summed E-state index contributed by atoms with van der Waals surface area (Å²) in [5, 5.41) is 2.89. The van der Waals surface area contributed by atoms with E-state index in [1.165, 1.54) is 6.07 Å². The maximum absolute atomic E-state index is 14.5. The van der Waals surface area contributed by atoms with Crippen molar-refractivity contribution < 1.29 is 27.8 Å². The van der Waals surface area contributed by atoms with E-state index in [9.17, 15) is 18.4 Å². The van der Waals surface area contributed by atoms with Crippen molar-refractivity contribution >= 4 is 17.5 Å². The number of nitrogens with zero attached hydrogens (tertiary/aromatic N) is 2. The Morgan fingerprint density at radius 3 is 2.59 bits per heavy atom. The fraction of sp³-hybridized carbons (Fsp3) is 0.500.